The molecule has 25 heavy (non-hydrogen) atoms. The fourth-order valence-electron chi connectivity index (χ4n) is 2.95. The molecule has 0 unspecified atom stereocenters. The standard InChI is InChI=1S/C18H26N6O/c1-14-21-22-17(23(14)2)13-20-18(19-10-6-12-25-3)24-11-9-15-7-4-5-8-16(15)24/h4-5,7-8H,6,9-13H2,1-3H3,(H,19,20). The van der Waals surface area contributed by atoms with Crippen molar-refractivity contribution >= 4 is 11.6 Å². The van der Waals surface area contributed by atoms with Crippen LogP contribution in [0, 0.1) is 6.92 Å². The van der Waals surface area contributed by atoms with Crippen molar-refractivity contribution in [1.29, 1.82) is 0 Å². The molecular formula is C18H26N6O. The van der Waals surface area contributed by atoms with E-state index in [1.165, 1.54) is 11.3 Å². The van der Waals surface area contributed by atoms with Gasteiger partial charge >= 0.3 is 0 Å². The Hall–Kier alpha value is -2.41. The Morgan fingerprint density at radius 2 is 2.16 bits per heavy atom. The van der Waals surface area contributed by atoms with Crippen molar-refractivity contribution in [1.82, 2.24) is 20.1 Å². The zero-order valence-electron chi connectivity index (χ0n) is 15.2. The number of hydrogen-bond acceptors (Lipinski definition) is 4. The minimum Gasteiger partial charge on any atom is -0.385 e. The Kier molecular flexibility index (Phi) is 5.65. The van der Waals surface area contributed by atoms with Crippen molar-refractivity contribution < 1.29 is 4.74 Å². The number of hydrogen-bond donors (Lipinski definition) is 1. The summed E-state index contributed by atoms with van der Waals surface area (Å²) in [6.45, 7) is 4.94. The number of aromatic nitrogens is 3. The molecule has 0 amide bonds. The first-order chi connectivity index (χ1) is 12.2. The minimum absolute atomic E-state index is 0.503. The van der Waals surface area contributed by atoms with Gasteiger partial charge in [-0.3, -0.25) is 0 Å². The van der Waals surface area contributed by atoms with E-state index in [1.54, 1.807) is 7.11 Å². The van der Waals surface area contributed by atoms with Crippen molar-refractivity contribution in [3.8, 4) is 0 Å². The first-order valence-corrected chi connectivity index (χ1v) is 8.68. The Bertz CT molecular complexity index is 739. The van der Waals surface area contributed by atoms with E-state index in [0.29, 0.717) is 6.54 Å². The molecule has 0 aliphatic carbocycles. The number of aliphatic imine (C=N–C) groups is 1. The Labute approximate surface area is 148 Å². The predicted octanol–water partition coefficient (Wildman–Crippen LogP) is 1.67. The maximum atomic E-state index is 5.14. The van der Waals surface area contributed by atoms with E-state index < -0.39 is 0 Å². The van der Waals surface area contributed by atoms with Crippen LogP contribution in [0.15, 0.2) is 29.3 Å². The number of anilines is 1. The summed E-state index contributed by atoms with van der Waals surface area (Å²) in [5.74, 6) is 2.65. The second-order valence-corrected chi connectivity index (χ2v) is 6.17. The highest BCUT2D eigenvalue weighted by molar-refractivity contribution is 5.97. The summed E-state index contributed by atoms with van der Waals surface area (Å²) in [5, 5.41) is 11.8. The molecule has 1 aromatic carbocycles. The van der Waals surface area contributed by atoms with Gasteiger partial charge in [-0.1, -0.05) is 18.2 Å². The van der Waals surface area contributed by atoms with Gasteiger partial charge in [0.2, 0.25) is 0 Å². The molecule has 134 valence electrons. The van der Waals surface area contributed by atoms with E-state index in [1.807, 2.05) is 18.5 Å². The highest BCUT2D eigenvalue weighted by atomic mass is 16.5. The number of nitrogens with zero attached hydrogens (tertiary/aromatic N) is 5. The lowest BCUT2D eigenvalue weighted by atomic mass is 10.2. The number of para-hydroxylation sites is 1. The number of nitrogens with one attached hydrogen (secondary N) is 1. The van der Waals surface area contributed by atoms with E-state index in [9.17, 15) is 0 Å². The SMILES string of the molecule is COCCCNC(=NCc1nnc(C)n1C)N1CCc2ccccc21. The third kappa shape index (κ3) is 3.99. The number of guanidine groups is 1. The highest BCUT2D eigenvalue weighted by Crippen LogP contribution is 2.27. The van der Waals surface area contributed by atoms with Crippen LogP contribution in [-0.2, 0) is 24.8 Å². The maximum absolute atomic E-state index is 5.14. The molecule has 2 heterocycles. The Balaban J connectivity index is 1.77. The molecule has 1 aliphatic rings. The first-order valence-electron chi connectivity index (χ1n) is 8.68. The normalized spacial score (nSPS) is 14.0. The van der Waals surface area contributed by atoms with E-state index >= 15 is 0 Å². The van der Waals surface area contributed by atoms with E-state index in [4.69, 9.17) is 9.73 Å². The molecule has 2 aromatic rings. The summed E-state index contributed by atoms with van der Waals surface area (Å²) >= 11 is 0. The van der Waals surface area contributed by atoms with Gasteiger partial charge in [0.15, 0.2) is 11.8 Å². The second-order valence-electron chi connectivity index (χ2n) is 6.17. The molecule has 1 aromatic heterocycles. The van der Waals surface area contributed by atoms with Crippen LogP contribution in [-0.4, -0.2) is 47.5 Å². The fraction of sp³-hybridized carbons (Fsp3) is 0.500. The van der Waals surface area contributed by atoms with Crippen LogP contribution in [0.4, 0.5) is 5.69 Å². The molecule has 7 heteroatoms. The van der Waals surface area contributed by atoms with Crippen LogP contribution < -0.4 is 10.2 Å². The minimum atomic E-state index is 0.503. The van der Waals surface area contributed by atoms with Crippen LogP contribution in [0.2, 0.25) is 0 Å². The average molecular weight is 342 g/mol. The lowest BCUT2D eigenvalue weighted by molar-refractivity contribution is 0.195. The van der Waals surface area contributed by atoms with Crippen molar-refractivity contribution in [3.05, 3.63) is 41.5 Å². The summed E-state index contributed by atoms with van der Waals surface area (Å²) in [6.07, 6.45) is 1.98. The third-order valence-corrected chi connectivity index (χ3v) is 4.50. The molecule has 0 fully saturated rings. The topological polar surface area (TPSA) is 67.6 Å². The number of methoxy groups -OCH3 is 1. The van der Waals surface area contributed by atoms with E-state index in [2.05, 4.69) is 44.7 Å². The Morgan fingerprint density at radius 1 is 1.32 bits per heavy atom. The number of rotatable bonds is 6. The van der Waals surface area contributed by atoms with Crippen molar-refractivity contribution in [2.45, 2.75) is 26.3 Å². The molecular weight excluding hydrogens is 316 g/mol. The maximum Gasteiger partial charge on any atom is 0.198 e. The van der Waals surface area contributed by atoms with Gasteiger partial charge < -0.3 is 19.5 Å². The van der Waals surface area contributed by atoms with Crippen LogP contribution in [0.5, 0.6) is 0 Å². The fourth-order valence-corrected chi connectivity index (χ4v) is 2.95. The van der Waals surface area contributed by atoms with Gasteiger partial charge in [-0.2, -0.15) is 0 Å². The summed E-state index contributed by atoms with van der Waals surface area (Å²) in [7, 11) is 3.69. The summed E-state index contributed by atoms with van der Waals surface area (Å²) in [5.41, 5.74) is 2.60. The summed E-state index contributed by atoms with van der Waals surface area (Å²) < 4.78 is 7.11. The van der Waals surface area contributed by atoms with Crippen molar-refractivity contribution in [2.24, 2.45) is 12.0 Å². The zero-order valence-corrected chi connectivity index (χ0v) is 15.2. The lowest BCUT2D eigenvalue weighted by Gasteiger charge is -2.22. The third-order valence-electron chi connectivity index (χ3n) is 4.50. The van der Waals surface area contributed by atoms with Crippen LogP contribution >= 0.6 is 0 Å². The lowest BCUT2D eigenvalue weighted by Crippen LogP contribution is -2.41. The van der Waals surface area contributed by atoms with Crippen LogP contribution in [0.3, 0.4) is 0 Å². The molecule has 0 saturated carbocycles. The van der Waals surface area contributed by atoms with Gasteiger partial charge in [-0.05, 0) is 31.4 Å². The quantitative estimate of drug-likeness (QED) is 0.491. The van der Waals surface area contributed by atoms with Gasteiger partial charge in [-0.15, -0.1) is 10.2 Å². The molecule has 0 atom stereocenters. The van der Waals surface area contributed by atoms with Gasteiger partial charge in [0.1, 0.15) is 12.4 Å². The molecule has 0 radical (unpaired) electrons. The molecule has 0 spiro atoms. The smallest absolute Gasteiger partial charge is 0.198 e. The predicted molar refractivity (Wildman–Crippen MR) is 98.9 cm³/mol. The second kappa shape index (κ2) is 8.11. The van der Waals surface area contributed by atoms with Gasteiger partial charge in [0.05, 0.1) is 0 Å². The van der Waals surface area contributed by atoms with Crippen molar-refractivity contribution in [3.63, 3.8) is 0 Å². The van der Waals surface area contributed by atoms with Crippen molar-refractivity contribution in [2.75, 3.05) is 31.7 Å². The molecule has 0 bridgehead atoms. The average Bonchev–Trinajstić information content (AvgIpc) is 3.19. The van der Waals surface area contributed by atoms with Gasteiger partial charge in [0, 0.05) is 39.5 Å². The largest absolute Gasteiger partial charge is 0.385 e. The van der Waals surface area contributed by atoms with Gasteiger partial charge in [0.25, 0.3) is 0 Å². The summed E-state index contributed by atoms with van der Waals surface area (Å²) in [6, 6.07) is 8.50. The molecule has 3 rings (SSSR count). The number of ether oxygens (including phenoxy) is 1. The highest BCUT2D eigenvalue weighted by Gasteiger charge is 2.22. The van der Waals surface area contributed by atoms with E-state index in [-0.39, 0.29) is 0 Å². The molecule has 0 saturated heterocycles. The van der Waals surface area contributed by atoms with Gasteiger partial charge in [-0.25, -0.2) is 4.99 Å². The molecule has 1 N–H and O–H groups in total. The summed E-state index contributed by atoms with van der Waals surface area (Å²) in [4.78, 5) is 7.07. The molecule has 1 aliphatic heterocycles. The number of fused-ring (bicyclic) bond motifs is 1. The molecule has 7 nitrogen and oxygen atoms in total. The Morgan fingerprint density at radius 3 is 2.92 bits per heavy atom. The number of aryl methyl sites for hydroxylation is 1. The zero-order chi connectivity index (χ0) is 17.6. The van der Waals surface area contributed by atoms with Crippen LogP contribution in [0.25, 0.3) is 0 Å². The number of benzene rings is 1. The van der Waals surface area contributed by atoms with Crippen LogP contribution in [0.1, 0.15) is 23.6 Å². The monoisotopic (exact) mass is 342 g/mol. The van der Waals surface area contributed by atoms with E-state index in [0.717, 1.165) is 50.1 Å². The first kappa shape index (κ1) is 17.4.